The van der Waals surface area contributed by atoms with Gasteiger partial charge in [0.15, 0.2) is 0 Å². The van der Waals surface area contributed by atoms with Gasteiger partial charge < -0.3 is 15.0 Å². The minimum absolute atomic E-state index is 0.108. The Morgan fingerprint density at radius 3 is 3.20 bits per heavy atom. The largest absolute Gasteiger partial charge is 0.394 e. The van der Waals surface area contributed by atoms with Crippen molar-refractivity contribution in [3.8, 4) is 0 Å². The molecule has 0 saturated heterocycles. The molecule has 2 N–H and O–H groups in total. The minimum atomic E-state index is 0.108. The molecule has 0 bridgehead atoms. The zero-order valence-electron chi connectivity index (χ0n) is 11.7. The number of aliphatic hydroxyl groups excluding tert-OH is 1. The van der Waals surface area contributed by atoms with E-state index in [1.807, 2.05) is 12.4 Å². The van der Waals surface area contributed by atoms with Crippen LogP contribution >= 0.6 is 0 Å². The molecule has 0 aromatic carbocycles. The Kier molecular flexibility index (Phi) is 3.79. The van der Waals surface area contributed by atoms with Gasteiger partial charge in [-0.3, -0.25) is 4.68 Å². The van der Waals surface area contributed by atoms with E-state index < -0.39 is 0 Å². The van der Waals surface area contributed by atoms with Crippen molar-refractivity contribution in [3.05, 3.63) is 29.6 Å². The van der Waals surface area contributed by atoms with Crippen molar-refractivity contribution < 1.29 is 5.11 Å². The first kappa shape index (κ1) is 13.3. The van der Waals surface area contributed by atoms with Crippen LogP contribution in [0.25, 0.3) is 0 Å². The summed E-state index contributed by atoms with van der Waals surface area (Å²) < 4.78 is 3.96. The standard InChI is InChI=1S/C13H20N6O/c1-10(13-17-16-12-3-2-4-19(12)13)14-7-11-8-15-18(9-11)5-6-20/h8-10,14,20H,2-7H2,1H3. The third-order valence-electron chi connectivity index (χ3n) is 3.65. The number of rotatable bonds is 6. The van der Waals surface area contributed by atoms with Crippen molar-refractivity contribution >= 4 is 0 Å². The van der Waals surface area contributed by atoms with Crippen LogP contribution in [-0.2, 0) is 26.1 Å². The van der Waals surface area contributed by atoms with Crippen LogP contribution in [0.1, 0.15) is 36.6 Å². The Labute approximate surface area is 117 Å². The van der Waals surface area contributed by atoms with Crippen molar-refractivity contribution in [3.63, 3.8) is 0 Å². The SMILES string of the molecule is CC(NCc1cnn(CCO)c1)c1nnc2n1CCC2. The number of hydrogen-bond acceptors (Lipinski definition) is 5. The van der Waals surface area contributed by atoms with E-state index in [9.17, 15) is 0 Å². The molecule has 0 spiro atoms. The van der Waals surface area contributed by atoms with E-state index in [0.29, 0.717) is 6.54 Å². The van der Waals surface area contributed by atoms with Crippen LogP contribution in [0.15, 0.2) is 12.4 Å². The molecular formula is C13H20N6O. The maximum absolute atomic E-state index is 8.87. The molecule has 108 valence electrons. The molecule has 7 nitrogen and oxygen atoms in total. The fraction of sp³-hybridized carbons (Fsp3) is 0.615. The number of nitrogens with zero attached hydrogens (tertiary/aromatic N) is 5. The number of fused-ring (bicyclic) bond motifs is 1. The van der Waals surface area contributed by atoms with Gasteiger partial charge >= 0.3 is 0 Å². The Balaban J connectivity index is 1.59. The molecule has 0 amide bonds. The molecule has 3 heterocycles. The molecule has 7 heteroatoms. The van der Waals surface area contributed by atoms with Crippen molar-refractivity contribution in [1.82, 2.24) is 29.9 Å². The molecule has 1 unspecified atom stereocenters. The molecule has 0 radical (unpaired) electrons. The Morgan fingerprint density at radius 2 is 2.35 bits per heavy atom. The highest BCUT2D eigenvalue weighted by Crippen LogP contribution is 2.19. The van der Waals surface area contributed by atoms with Crippen LogP contribution in [0.3, 0.4) is 0 Å². The van der Waals surface area contributed by atoms with Gasteiger partial charge in [-0.1, -0.05) is 0 Å². The van der Waals surface area contributed by atoms with E-state index in [4.69, 9.17) is 5.11 Å². The van der Waals surface area contributed by atoms with E-state index in [0.717, 1.165) is 36.7 Å². The maximum Gasteiger partial charge on any atom is 0.149 e. The van der Waals surface area contributed by atoms with Gasteiger partial charge in [-0.15, -0.1) is 10.2 Å². The number of aryl methyl sites for hydroxylation is 1. The van der Waals surface area contributed by atoms with Crippen molar-refractivity contribution in [2.24, 2.45) is 0 Å². The number of aliphatic hydroxyl groups is 1. The normalized spacial score (nSPS) is 15.5. The molecule has 20 heavy (non-hydrogen) atoms. The van der Waals surface area contributed by atoms with Gasteiger partial charge in [-0.2, -0.15) is 5.10 Å². The number of nitrogens with one attached hydrogen (secondary N) is 1. The van der Waals surface area contributed by atoms with E-state index in [1.54, 1.807) is 4.68 Å². The summed E-state index contributed by atoms with van der Waals surface area (Å²) >= 11 is 0. The summed E-state index contributed by atoms with van der Waals surface area (Å²) in [5.41, 5.74) is 1.10. The average molecular weight is 276 g/mol. The first-order chi connectivity index (χ1) is 9.78. The zero-order valence-corrected chi connectivity index (χ0v) is 11.7. The van der Waals surface area contributed by atoms with Gasteiger partial charge in [0, 0.05) is 31.3 Å². The van der Waals surface area contributed by atoms with E-state index in [2.05, 4.69) is 32.1 Å². The lowest BCUT2D eigenvalue weighted by Gasteiger charge is -2.13. The third-order valence-corrected chi connectivity index (χ3v) is 3.65. The van der Waals surface area contributed by atoms with Gasteiger partial charge in [0.1, 0.15) is 11.6 Å². The third kappa shape index (κ3) is 2.59. The van der Waals surface area contributed by atoms with Gasteiger partial charge in [0.25, 0.3) is 0 Å². The van der Waals surface area contributed by atoms with Crippen molar-refractivity contribution in [2.45, 2.75) is 45.4 Å². The van der Waals surface area contributed by atoms with Crippen LogP contribution in [0.2, 0.25) is 0 Å². The monoisotopic (exact) mass is 276 g/mol. The van der Waals surface area contributed by atoms with Crippen LogP contribution in [0.4, 0.5) is 0 Å². The van der Waals surface area contributed by atoms with Gasteiger partial charge in [0.2, 0.25) is 0 Å². The predicted molar refractivity (Wildman–Crippen MR) is 72.9 cm³/mol. The number of hydrogen-bond donors (Lipinski definition) is 2. The van der Waals surface area contributed by atoms with Crippen LogP contribution in [0, 0.1) is 0 Å². The summed E-state index contributed by atoms with van der Waals surface area (Å²) in [6.07, 6.45) is 5.97. The molecule has 1 atom stereocenters. The average Bonchev–Trinajstić information content (AvgIpc) is 3.12. The van der Waals surface area contributed by atoms with E-state index in [1.165, 1.54) is 6.42 Å². The Hall–Kier alpha value is -1.73. The fourth-order valence-corrected chi connectivity index (χ4v) is 2.58. The van der Waals surface area contributed by atoms with E-state index in [-0.39, 0.29) is 12.6 Å². The molecule has 0 saturated carbocycles. The van der Waals surface area contributed by atoms with Gasteiger partial charge in [0.05, 0.1) is 25.4 Å². The lowest BCUT2D eigenvalue weighted by molar-refractivity contribution is 0.269. The van der Waals surface area contributed by atoms with Crippen molar-refractivity contribution in [2.75, 3.05) is 6.61 Å². The highest BCUT2D eigenvalue weighted by Gasteiger charge is 2.20. The predicted octanol–water partition coefficient (Wildman–Crippen LogP) is 0.264. The lowest BCUT2D eigenvalue weighted by atomic mass is 10.3. The first-order valence-electron chi connectivity index (χ1n) is 7.05. The van der Waals surface area contributed by atoms with Gasteiger partial charge in [-0.25, -0.2) is 0 Å². The summed E-state index contributed by atoms with van der Waals surface area (Å²) in [5.74, 6) is 2.12. The molecule has 1 aliphatic rings. The smallest absolute Gasteiger partial charge is 0.149 e. The van der Waals surface area contributed by atoms with Crippen LogP contribution in [-0.4, -0.2) is 36.3 Å². The molecule has 0 aliphatic carbocycles. The molecule has 1 aliphatic heterocycles. The number of aromatic nitrogens is 5. The summed E-state index contributed by atoms with van der Waals surface area (Å²) in [6, 6.07) is 0.163. The topological polar surface area (TPSA) is 80.8 Å². The molecule has 3 rings (SSSR count). The second-order valence-electron chi connectivity index (χ2n) is 5.17. The fourth-order valence-electron chi connectivity index (χ4n) is 2.58. The summed E-state index contributed by atoms with van der Waals surface area (Å²) in [5, 5.41) is 25.0. The minimum Gasteiger partial charge on any atom is -0.394 e. The molecule has 0 fully saturated rings. The van der Waals surface area contributed by atoms with Crippen molar-refractivity contribution in [1.29, 1.82) is 0 Å². The van der Waals surface area contributed by atoms with Gasteiger partial charge in [-0.05, 0) is 13.3 Å². The highest BCUT2D eigenvalue weighted by atomic mass is 16.3. The second kappa shape index (κ2) is 5.72. The second-order valence-corrected chi connectivity index (χ2v) is 5.17. The molecule has 2 aromatic rings. The molecular weight excluding hydrogens is 256 g/mol. The van der Waals surface area contributed by atoms with Crippen LogP contribution in [0.5, 0.6) is 0 Å². The summed E-state index contributed by atoms with van der Waals surface area (Å²) in [4.78, 5) is 0. The maximum atomic E-state index is 8.87. The van der Waals surface area contributed by atoms with E-state index >= 15 is 0 Å². The summed E-state index contributed by atoms with van der Waals surface area (Å²) in [6.45, 7) is 4.50. The quantitative estimate of drug-likeness (QED) is 0.791. The highest BCUT2D eigenvalue weighted by molar-refractivity contribution is 5.07. The Bertz CT molecular complexity index is 575. The molecule has 2 aromatic heterocycles. The van der Waals surface area contributed by atoms with Crippen LogP contribution < -0.4 is 5.32 Å². The summed E-state index contributed by atoms with van der Waals surface area (Å²) in [7, 11) is 0. The first-order valence-corrected chi connectivity index (χ1v) is 7.05. The zero-order chi connectivity index (χ0) is 13.9. The lowest BCUT2D eigenvalue weighted by Crippen LogP contribution is -2.21. The Morgan fingerprint density at radius 1 is 1.45 bits per heavy atom.